The number of carbonyl (C=O) groups excluding carboxylic acids is 1. The molecule has 4 heteroatoms. The highest BCUT2D eigenvalue weighted by Gasteiger charge is 2.36. The number of benzene rings is 1. The van der Waals surface area contributed by atoms with Gasteiger partial charge in [-0.3, -0.25) is 14.7 Å². The maximum absolute atomic E-state index is 12.8. The van der Waals surface area contributed by atoms with Crippen molar-refractivity contribution in [1.82, 2.24) is 14.8 Å². The van der Waals surface area contributed by atoms with Crippen LogP contribution in [0.5, 0.6) is 0 Å². The SMILES string of the molecule is O=C(CCc1cccnc1)N1C[C@H]2CC[C@@H](C1)N(Cc1ccccc1)C2. The Kier molecular flexibility index (Phi) is 5.30. The molecule has 0 aliphatic carbocycles. The minimum Gasteiger partial charge on any atom is -0.341 e. The summed E-state index contributed by atoms with van der Waals surface area (Å²) in [5.41, 5.74) is 2.51. The fourth-order valence-corrected chi connectivity index (χ4v) is 4.35. The summed E-state index contributed by atoms with van der Waals surface area (Å²) in [5.74, 6) is 0.909. The van der Waals surface area contributed by atoms with E-state index < -0.39 is 0 Å². The van der Waals surface area contributed by atoms with Gasteiger partial charge in [0.15, 0.2) is 0 Å². The number of carbonyl (C=O) groups is 1. The fourth-order valence-electron chi connectivity index (χ4n) is 4.35. The minimum atomic E-state index is 0.298. The molecule has 5 rings (SSSR count). The minimum absolute atomic E-state index is 0.298. The second-order valence-electron chi connectivity index (χ2n) is 7.67. The maximum atomic E-state index is 12.8. The quantitative estimate of drug-likeness (QED) is 0.832. The molecule has 3 fully saturated rings. The highest BCUT2D eigenvalue weighted by Crippen LogP contribution is 2.29. The molecule has 136 valence electrons. The summed E-state index contributed by atoms with van der Waals surface area (Å²) in [4.78, 5) is 21.7. The number of hydrogen-bond acceptors (Lipinski definition) is 3. The average Bonchev–Trinajstić information content (AvgIpc) is 3.00. The van der Waals surface area contributed by atoms with E-state index in [9.17, 15) is 4.79 Å². The van der Waals surface area contributed by atoms with Crippen molar-refractivity contribution in [2.75, 3.05) is 19.6 Å². The first-order valence-corrected chi connectivity index (χ1v) is 9.72. The molecule has 3 aliphatic heterocycles. The van der Waals surface area contributed by atoms with Crippen LogP contribution in [0.15, 0.2) is 54.9 Å². The van der Waals surface area contributed by atoms with E-state index in [2.05, 4.69) is 45.1 Å². The molecule has 4 heterocycles. The Hall–Kier alpha value is -2.20. The lowest BCUT2D eigenvalue weighted by Gasteiger charge is -2.36. The molecule has 0 spiro atoms. The second-order valence-corrected chi connectivity index (χ2v) is 7.67. The van der Waals surface area contributed by atoms with Crippen molar-refractivity contribution in [3.8, 4) is 0 Å². The van der Waals surface area contributed by atoms with Gasteiger partial charge in [0.05, 0.1) is 0 Å². The molecule has 3 saturated heterocycles. The van der Waals surface area contributed by atoms with E-state index in [0.717, 1.165) is 38.2 Å². The van der Waals surface area contributed by atoms with E-state index >= 15 is 0 Å². The topological polar surface area (TPSA) is 36.4 Å². The van der Waals surface area contributed by atoms with Gasteiger partial charge < -0.3 is 4.90 Å². The molecule has 0 N–H and O–H groups in total. The van der Waals surface area contributed by atoms with Gasteiger partial charge in [-0.2, -0.15) is 0 Å². The van der Waals surface area contributed by atoms with Gasteiger partial charge in [-0.05, 0) is 42.4 Å². The number of pyridine rings is 1. The summed E-state index contributed by atoms with van der Waals surface area (Å²) in [7, 11) is 0. The second kappa shape index (κ2) is 8.00. The van der Waals surface area contributed by atoms with Gasteiger partial charge in [0.25, 0.3) is 0 Å². The molecule has 4 nitrogen and oxygen atoms in total. The Morgan fingerprint density at radius 3 is 2.65 bits per heavy atom. The van der Waals surface area contributed by atoms with Gasteiger partial charge in [0, 0.05) is 51.0 Å². The molecule has 0 radical (unpaired) electrons. The van der Waals surface area contributed by atoms with Crippen LogP contribution >= 0.6 is 0 Å². The van der Waals surface area contributed by atoms with E-state index in [1.807, 2.05) is 18.3 Å². The first kappa shape index (κ1) is 17.2. The van der Waals surface area contributed by atoms with Crippen LogP contribution in [0.4, 0.5) is 0 Å². The molecule has 26 heavy (non-hydrogen) atoms. The lowest BCUT2D eigenvalue weighted by Crippen LogP contribution is -2.43. The highest BCUT2D eigenvalue weighted by molar-refractivity contribution is 5.76. The summed E-state index contributed by atoms with van der Waals surface area (Å²) < 4.78 is 0. The summed E-state index contributed by atoms with van der Waals surface area (Å²) in [6.45, 7) is 3.93. The van der Waals surface area contributed by atoms with Crippen molar-refractivity contribution < 1.29 is 4.79 Å². The van der Waals surface area contributed by atoms with E-state index in [1.54, 1.807) is 6.20 Å². The Balaban J connectivity index is 1.37. The molecular formula is C22H27N3O. The van der Waals surface area contributed by atoms with Crippen molar-refractivity contribution in [1.29, 1.82) is 0 Å². The van der Waals surface area contributed by atoms with Crippen molar-refractivity contribution in [2.45, 2.75) is 38.3 Å². The van der Waals surface area contributed by atoms with Crippen LogP contribution < -0.4 is 0 Å². The van der Waals surface area contributed by atoms with Gasteiger partial charge in [-0.15, -0.1) is 0 Å². The zero-order valence-corrected chi connectivity index (χ0v) is 15.3. The molecule has 2 atom stereocenters. The molecule has 1 amide bonds. The predicted molar refractivity (Wildman–Crippen MR) is 103 cm³/mol. The number of aromatic nitrogens is 1. The lowest BCUT2D eigenvalue weighted by molar-refractivity contribution is -0.131. The number of amides is 1. The highest BCUT2D eigenvalue weighted by atomic mass is 16.2. The third kappa shape index (κ3) is 4.13. The molecule has 0 unspecified atom stereocenters. The molecule has 1 aromatic carbocycles. The van der Waals surface area contributed by atoms with Crippen LogP contribution in [0.1, 0.15) is 30.4 Å². The third-order valence-electron chi connectivity index (χ3n) is 5.76. The maximum Gasteiger partial charge on any atom is 0.222 e. The first-order valence-electron chi connectivity index (χ1n) is 9.72. The zero-order chi connectivity index (χ0) is 17.8. The van der Waals surface area contributed by atoms with E-state index in [0.29, 0.717) is 24.3 Å². The smallest absolute Gasteiger partial charge is 0.222 e. The Morgan fingerprint density at radius 1 is 1.00 bits per heavy atom. The Labute approximate surface area is 155 Å². The number of nitrogens with zero attached hydrogens (tertiary/aromatic N) is 3. The summed E-state index contributed by atoms with van der Waals surface area (Å²) in [5, 5.41) is 0. The van der Waals surface area contributed by atoms with Crippen LogP contribution in [-0.2, 0) is 17.8 Å². The van der Waals surface area contributed by atoms with E-state index in [1.165, 1.54) is 18.4 Å². The lowest BCUT2D eigenvalue weighted by atomic mass is 9.94. The van der Waals surface area contributed by atoms with Gasteiger partial charge in [-0.25, -0.2) is 0 Å². The van der Waals surface area contributed by atoms with Crippen molar-refractivity contribution >= 4 is 5.91 Å². The summed E-state index contributed by atoms with van der Waals surface area (Å²) in [6, 6.07) is 15.2. The number of aryl methyl sites for hydroxylation is 1. The normalized spacial score (nSPS) is 23.0. The molecule has 2 aromatic rings. The molecule has 1 aromatic heterocycles. The van der Waals surface area contributed by atoms with Gasteiger partial charge in [-0.1, -0.05) is 36.4 Å². The van der Waals surface area contributed by atoms with Gasteiger partial charge >= 0.3 is 0 Å². The van der Waals surface area contributed by atoms with E-state index in [4.69, 9.17) is 0 Å². The largest absolute Gasteiger partial charge is 0.341 e. The number of hydrogen-bond donors (Lipinski definition) is 0. The molecule has 2 bridgehead atoms. The van der Waals surface area contributed by atoms with Crippen molar-refractivity contribution in [3.63, 3.8) is 0 Å². The predicted octanol–water partition coefficient (Wildman–Crippen LogP) is 3.14. The number of piperidine rings is 1. The van der Waals surface area contributed by atoms with Gasteiger partial charge in [0.1, 0.15) is 0 Å². The summed E-state index contributed by atoms with van der Waals surface area (Å²) in [6.07, 6.45) is 7.47. The number of fused-ring (bicyclic) bond motifs is 4. The van der Waals surface area contributed by atoms with Crippen molar-refractivity contribution in [3.05, 3.63) is 66.0 Å². The fraction of sp³-hybridized carbons (Fsp3) is 0.455. The van der Waals surface area contributed by atoms with Crippen LogP contribution in [0, 0.1) is 5.92 Å². The van der Waals surface area contributed by atoms with Crippen LogP contribution in [0.3, 0.4) is 0 Å². The molecule has 0 saturated carbocycles. The monoisotopic (exact) mass is 349 g/mol. The standard InChI is InChI=1S/C22H27N3O/c26-22(11-9-18-7-4-12-23-13-18)25-16-20-8-10-21(17-25)24(15-20)14-19-5-2-1-3-6-19/h1-7,12-13,20-21H,8-11,14-17H2/t20-,21-/m0/s1. The average molecular weight is 349 g/mol. The van der Waals surface area contributed by atoms with E-state index in [-0.39, 0.29) is 0 Å². The summed E-state index contributed by atoms with van der Waals surface area (Å²) >= 11 is 0. The number of rotatable bonds is 5. The van der Waals surface area contributed by atoms with Crippen LogP contribution in [-0.4, -0.2) is 46.4 Å². The van der Waals surface area contributed by atoms with Crippen LogP contribution in [0.25, 0.3) is 0 Å². The van der Waals surface area contributed by atoms with Crippen molar-refractivity contribution in [2.24, 2.45) is 5.92 Å². The Morgan fingerprint density at radius 2 is 1.85 bits per heavy atom. The Bertz CT molecular complexity index is 719. The van der Waals surface area contributed by atoms with Gasteiger partial charge in [0.2, 0.25) is 5.91 Å². The molecule has 3 aliphatic rings. The third-order valence-corrected chi connectivity index (χ3v) is 5.76. The molecular weight excluding hydrogens is 322 g/mol. The first-order chi connectivity index (χ1) is 12.8. The van der Waals surface area contributed by atoms with Crippen LogP contribution in [0.2, 0.25) is 0 Å². The zero-order valence-electron chi connectivity index (χ0n) is 15.3.